The highest BCUT2D eigenvalue weighted by molar-refractivity contribution is 6.31. The Kier molecular flexibility index (Phi) is 7.48. The maximum atomic E-state index is 12.4. The number of aryl methyl sites for hydroxylation is 1. The normalized spacial score (nSPS) is 15.1. The van der Waals surface area contributed by atoms with E-state index in [1.165, 1.54) is 0 Å². The summed E-state index contributed by atoms with van der Waals surface area (Å²) in [5.74, 6) is -0.0622. The minimum Gasteiger partial charge on any atom is -0.325 e. The zero-order valence-corrected chi connectivity index (χ0v) is 18.6. The number of halogens is 1. The Labute approximate surface area is 183 Å². The molecule has 2 aromatic carbocycles. The van der Waals surface area contributed by atoms with Crippen LogP contribution in [0.3, 0.4) is 0 Å². The summed E-state index contributed by atoms with van der Waals surface area (Å²) in [6.07, 6.45) is 0. The number of hydrogen-bond acceptors (Lipinski definition) is 4. The number of carbonyl (C=O) groups excluding carboxylic acids is 2. The lowest BCUT2D eigenvalue weighted by Crippen LogP contribution is -2.50. The summed E-state index contributed by atoms with van der Waals surface area (Å²) < 4.78 is 0. The zero-order valence-electron chi connectivity index (χ0n) is 17.8. The van der Waals surface area contributed by atoms with Crippen LogP contribution in [0.25, 0.3) is 0 Å². The second-order valence-electron chi connectivity index (χ2n) is 7.81. The average Bonchev–Trinajstić information content (AvgIpc) is 2.70. The molecule has 0 aliphatic carbocycles. The predicted molar refractivity (Wildman–Crippen MR) is 122 cm³/mol. The summed E-state index contributed by atoms with van der Waals surface area (Å²) >= 11 is 6.11. The Balaban J connectivity index is 1.43. The molecule has 0 radical (unpaired) electrons. The van der Waals surface area contributed by atoms with Crippen LogP contribution in [0.5, 0.6) is 0 Å². The molecule has 1 saturated heterocycles. The van der Waals surface area contributed by atoms with E-state index in [4.69, 9.17) is 11.6 Å². The molecule has 30 heavy (non-hydrogen) atoms. The summed E-state index contributed by atoms with van der Waals surface area (Å²) in [5, 5.41) is 6.59. The third-order valence-corrected chi connectivity index (χ3v) is 6.03. The Hall–Kier alpha value is -2.41. The Bertz CT molecular complexity index is 848. The lowest BCUT2D eigenvalue weighted by Gasteiger charge is -2.33. The van der Waals surface area contributed by atoms with Gasteiger partial charge in [0.15, 0.2) is 0 Å². The van der Waals surface area contributed by atoms with Crippen molar-refractivity contribution in [3.8, 4) is 0 Å². The number of carbonyl (C=O) groups is 2. The molecule has 0 spiro atoms. The van der Waals surface area contributed by atoms with Crippen molar-refractivity contribution in [1.29, 1.82) is 0 Å². The molecule has 0 unspecified atom stereocenters. The van der Waals surface area contributed by atoms with Crippen LogP contribution in [0, 0.1) is 20.8 Å². The van der Waals surface area contributed by atoms with Gasteiger partial charge in [0.05, 0.1) is 13.1 Å². The van der Waals surface area contributed by atoms with Crippen LogP contribution in [-0.2, 0) is 9.59 Å². The Morgan fingerprint density at radius 1 is 0.800 bits per heavy atom. The summed E-state index contributed by atoms with van der Waals surface area (Å²) in [7, 11) is 0. The van der Waals surface area contributed by atoms with Crippen LogP contribution in [0.15, 0.2) is 36.4 Å². The smallest absolute Gasteiger partial charge is 0.238 e. The van der Waals surface area contributed by atoms with E-state index in [-0.39, 0.29) is 11.8 Å². The quantitative estimate of drug-likeness (QED) is 0.739. The van der Waals surface area contributed by atoms with Gasteiger partial charge in [0.25, 0.3) is 0 Å². The second-order valence-corrected chi connectivity index (χ2v) is 8.22. The van der Waals surface area contributed by atoms with E-state index in [0.29, 0.717) is 18.1 Å². The van der Waals surface area contributed by atoms with Crippen molar-refractivity contribution in [2.75, 3.05) is 49.9 Å². The molecular weight excluding hydrogens is 400 g/mol. The van der Waals surface area contributed by atoms with E-state index >= 15 is 0 Å². The zero-order chi connectivity index (χ0) is 21.7. The van der Waals surface area contributed by atoms with Crippen molar-refractivity contribution in [1.82, 2.24) is 9.80 Å². The van der Waals surface area contributed by atoms with Crippen molar-refractivity contribution >= 4 is 34.8 Å². The minimum absolute atomic E-state index is 0.00803. The highest BCUT2D eigenvalue weighted by Crippen LogP contribution is 2.23. The van der Waals surface area contributed by atoms with Crippen LogP contribution < -0.4 is 10.6 Å². The standard InChI is InChI=1S/C23H29ClN4O2/c1-16-6-4-8-20(17(16)2)25-22(29)14-27-10-12-28(13-11-27)15-23(30)26-21-9-5-7-19(24)18(21)3/h4-9H,10-15H2,1-3H3,(H,25,29)(H,26,30). The molecule has 1 heterocycles. The Morgan fingerprint density at radius 2 is 1.27 bits per heavy atom. The van der Waals surface area contributed by atoms with Crippen molar-refractivity contribution in [2.24, 2.45) is 0 Å². The lowest BCUT2D eigenvalue weighted by atomic mass is 10.1. The maximum Gasteiger partial charge on any atom is 0.238 e. The molecule has 0 atom stereocenters. The highest BCUT2D eigenvalue weighted by Gasteiger charge is 2.21. The first-order chi connectivity index (χ1) is 14.3. The minimum atomic E-state index is -0.0542. The maximum absolute atomic E-state index is 12.4. The van der Waals surface area contributed by atoms with Crippen molar-refractivity contribution in [2.45, 2.75) is 20.8 Å². The molecule has 1 fully saturated rings. The SMILES string of the molecule is Cc1cccc(NC(=O)CN2CCN(CC(=O)Nc3cccc(Cl)c3C)CC2)c1C. The molecule has 0 saturated carbocycles. The number of nitrogens with zero attached hydrogens (tertiary/aromatic N) is 2. The molecular formula is C23H29ClN4O2. The number of anilines is 2. The van der Waals surface area contributed by atoms with E-state index in [9.17, 15) is 9.59 Å². The molecule has 2 amide bonds. The third kappa shape index (κ3) is 5.81. The summed E-state index contributed by atoms with van der Waals surface area (Å²) in [6.45, 7) is 9.63. The molecule has 2 N–H and O–H groups in total. The fourth-order valence-electron chi connectivity index (χ4n) is 3.52. The number of benzene rings is 2. The molecule has 0 aromatic heterocycles. The van der Waals surface area contributed by atoms with E-state index in [1.807, 2.05) is 57.2 Å². The highest BCUT2D eigenvalue weighted by atomic mass is 35.5. The van der Waals surface area contributed by atoms with E-state index in [2.05, 4.69) is 20.4 Å². The summed E-state index contributed by atoms with van der Waals surface area (Å²) in [4.78, 5) is 29.0. The van der Waals surface area contributed by atoms with Crippen LogP contribution in [0.4, 0.5) is 11.4 Å². The Morgan fingerprint density at radius 3 is 1.80 bits per heavy atom. The van der Waals surface area contributed by atoms with Crippen molar-refractivity contribution in [3.63, 3.8) is 0 Å². The van der Waals surface area contributed by atoms with Crippen LogP contribution in [0.2, 0.25) is 5.02 Å². The fraction of sp³-hybridized carbons (Fsp3) is 0.391. The van der Waals surface area contributed by atoms with Crippen LogP contribution >= 0.6 is 11.6 Å². The topological polar surface area (TPSA) is 64.7 Å². The lowest BCUT2D eigenvalue weighted by molar-refractivity contribution is -0.120. The monoisotopic (exact) mass is 428 g/mol. The van der Waals surface area contributed by atoms with Gasteiger partial charge in [-0.3, -0.25) is 19.4 Å². The molecule has 0 bridgehead atoms. The first-order valence-electron chi connectivity index (χ1n) is 10.2. The van der Waals surface area contributed by atoms with Gasteiger partial charge in [-0.15, -0.1) is 0 Å². The largest absolute Gasteiger partial charge is 0.325 e. The van der Waals surface area contributed by atoms with Crippen molar-refractivity contribution < 1.29 is 9.59 Å². The van der Waals surface area contributed by atoms with Gasteiger partial charge < -0.3 is 10.6 Å². The molecule has 6 nitrogen and oxygen atoms in total. The van der Waals surface area contributed by atoms with Gasteiger partial charge in [-0.05, 0) is 55.7 Å². The molecule has 3 rings (SSSR count). The van der Waals surface area contributed by atoms with Crippen molar-refractivity contribution in [3.05, 3.63) is 58.1 Å². The fourth-order valence-corrected chi connectivity index (χ4v) is 3.70. The van der Waals surface area contributed by atoms with Gasteiger partial charge in [-0.2, -0.15) is 0 Å². The number of hydrogen-bond donors (Lipinski definition) is 2. The first-order valence-corrected chi connectivity index (χ1v) is 10.6. The molecule has 2 aromatic rings. The summed E-state index contributed by atoms with van der Waals surface area (Å²) in [6, 6.07) is 11.4. The van der Waals surface area contributed by atoms with Gasteiger partial charge in [0.1, 0.15) is 0 Å². The van der Waals surface area contributed by atoms with Gasteiger partial charge in [-0.1, -0.05) is 29.8 Å². The molecule has 7 heteroatoms. The average molecular weight is 429 g/mol. The molecule has 1 aliphatic rings. The van der Waals surface area contributed by atoms with E-state index in [1.54, 1.807) is 0 Å². The van der Waals surface area contributed by atoms with Crippen LogP contribution in [0.1, 0.15) is 16.7 Å². The first kappa shape index (κ1) is 22.3. The van der Waals surface area contributed by atoms with Crippen LogP contribution in [-0.4, -0.2) is 60.9 Å². The van der Waals surface area contributed by atoms with Gasteiger partial charge in [-0.25, -0.2) is 0 Å². The van der Waals surface area contributed by atoms with Gasteiger partial charge in [0.2, 0.25) is 11.8 Å². The number of piperazine rings is 1. The predicted octanol–water partition coefficient (Wildman–Crippen LogP) is 3.46. The van der Waals surface area contributed by atoms with E-state index in [0.717, 1.165) is 54.2 Å². The molecule has 160 valence electrons. The second kappa shape index (κ2) is 10.1. The number of amides is 2. The number of rotatable bonds is 6. The number of nitrogens with one attached hydrogen (secondary N) is 2. The van der Waals surface area contributed by atoms with Gasteiger partial charge in [0, 0.05) is 42.6 Å². The van der Waals surface area contributed by atoms with E-state index < -0.39 is 0 Å². The summed E-state index contributed by atoms with van der Waals surface area (Å²) in [5.41, 5.74) is 4.73. The molecule has 1 aliphatic heterocycles. The van der Waals surface area contributed by atoms with Gasteiger partial charge >= 0.3 is 0 Å². The third-order valence-electron chi connectivity index (χ3n) is 5.62.